The van der Waals surface area contributed by atoms with Crippen molar-refractivity contribution in [2.45, 2.75) is 24.6 Å². The molecule has 0 bridgehead atoms. The first kappa shape index (κ1) is 21.1. The Hall–Kier alpha value is -3.14. The summed E-state index contributed by atoms with van der Waals surface area (Å²) in [6.45, 7) is 1.84. The molecule has 7 nitrogen and oxygen atoms in total. The number of alkyl halides is 3. The number of halogens is 3. The zero-order chi connectivity index (χ0) is 21.9. The van der Waals surface area contributed by atoms with Crippen molar-refractivity contribution in [3.63, 3.8) is 0 Å². The van der Waals surface area contributed by atoms with Crippen LogP contribution in [0, 0.1) is 0 Å². The monoisotopic (exact) mass is 437 g/mol. The Bertz CT molecular complexity index is 942. The summed E-state index contributed by atoms with van der Waals surface area (Å²) in [7, 11) is 0. The van der Waals surface area contributed by atoms with Gasteiger partial charge in [-0.25, -0.2) is 0 Å². The van der Waals surface area contributed by atoms with Gasteiger partial charge in [0.2, 0.25) is 6.79 Å². The van der Waals surface area contributed by atoms with E-state index in [1.807, 2.05) is 18.2 Å². The molecule has 1 fully saturated rings. The third-order valence-electron chi connectivity index (χ3n) is 5.35. The van der Waals surface area contributed by atoms with Crippen LogP contribution in [0.5, 0.6) is 17.2 Å². The van der Waals surface area contributed by atoms with Crippen LogP contribution in [0.4, 0.5) is 18.9 Å². The van der Waals surface area contributed by atoms with Gasteiger partial charge in [0, 0.05) is 24.3 Å². The van der Waals surface area contributed by atoms with Crippen molar-refractivity contribution in [3.8, 4) is 17.2 Å². The van der Waals surface area contributed by atoms with Gasteiger partial charge in [-0.2, -0.15) is 0 Å². The first-order chi connectivity index (χ1) is 14.8. The molecule has 4 rings (SSSR count). The Kier molecular flexibility index (Phi) is 5.81. The van der Waals surface area contributed by atoms with E-state index >= 15 is 0 Å². The molecular weight excluding hydrogens is 415 g/mol. The molecule has 0 spiro atoms. The Morgan fingerprint density at radius 3 is 2.48 bits per heavy atom. The zero-order valence-electron chi connectivity index (χ0n) is 16.6. The zero-order valence-corrected chi connectivity index (χ0v) is 16.6. The largest absolute Gasteiger partial charge is 0.573 e. The Morgan fingerprint density at radius 2 is 1.77 bits per heavy atom. The van der Waals surface area contributed by atoms with E-state index in [0.29, 0.717) is 36.9 Å². The number of benzene rings is 2. The highest BCUT2D eigenvalue weighted by atomic mass is 19.4. The lowest BCUT2D eigenvalue weighted by molar-refractivity contribution is -0.274. The molecular formula is C21H22F3N3O4. The number of anilines is 1. The molecule has 0 aliphatic carbocycles. The molecule has 1 saturated heterocycles. The summed E-state index contributed by atoms with van der Waals surface area (Å²) in [4.78, 5) is 4.51. The third-order valence-corrected chi connectivity index (χ3v) is 5.35. The van der Waals surface area contributed by atoms with Crippen LogP contribution < -0.4 is 25.3 Å². The Balaban J connectivity index is 1.46. The molecule has 2 heterocycles. The molecule has 10 heteroatoms. The van der Waals surface area contributed by atoms with Crippen molar-refractivity contribution >= 4 is 11.6 Å². The van der Waals surface area contributed by atoms with Crippen LogP contribution in [-0.4, -0.2) is 38.9 Å². The lowest BCUT2D eigenvalue weighted by atomic mass is 9.74. The van der Waals surface area contributed by atoms with Gasteiger partial charge in [-0.05, 0) is 54.8 Å². The van der Waals surface area contributed by atoms with Gasteiger partial charge in [-0.3, -0.25) is 4.99 Å². The van der Waals surface area contributed by atoms with Crippen LogP contribution >= 0.6 is 0 Å². The van der Waals surface area contributed by atoms with Crippen LogP contribution in [0.1, 0.15) is 18.4 Å². The summed E-state index contributed by atoms with van der Waals surface area (Å²) >= 11 is 0. The number of nitrogens with two attached hydrogens (primary N) is 1. The third kappa shape index (κ3) is 5.13. The van der Waals surface area contributed by atoms with E-state index in [1.54, 1.807) is 0 Å². The van der Waals surface area contributed by atoms with Crippen LogP contribution in [0.2, 0.25) is 0 Å². The standard InChI is InChI=1S/C21H22F3N3O4/c22-21(23,24)31-16-4-2-15(3-5-16)27-19(25)26-12-20(7-9-28-10-8-20)14-1-6-17-18(11-14)30-13-29-17/h1-6,11H,7-10,12-13H2,(H3,25,26,27). The highest BCUT2D eigenvalue weighted by Crippen LogP contribution is 2.41. The van der Waals surface area contributed by atoms with Gasteiger partial charge in [-0.1, -0.05) is 6.07 Å². The summed E-state index contributed by atoms with van der Waals surface area (Å²) in [5.74, 6) is 1.28. The highest BCUT2D eigenvalue weighted by Gasteiger charge is 2.35. The van der Waals surface area contributed by atoms with Crippen molar-refractivity contribution in [1.82, 2.24) is 0 Å². The summed E-state index contributed by atoms with van der Waals surface area (Å²) in [5, 5.41) is 2.90. The predicted octanol–water partition coefficient (Wildman–Crippen LogP) is 3.79. The van der Waals surface area contributed by atoms with E-state index in [9.17, 15) is 13.2 Å². The van der Waals surface area contributed by atoms with E-state index < -0.39 is 6.36 Å². The lowest BCUT2D eigenvalue weighted by Gasteiger charge is -2.36. The van der Waals surface area contributed by atoms with Gasteiger partial charge >= 0.3 is 6.36 Å². The lowest BCUT2D eigenvalue weighted by Crippen LogP contribution is -2.38. The van der Waals surface area contributed by atoms with Crippen LogP contribution in [0.3, 0.4) is 0 Å². The van der Waals surface area contributed by atoms with Crippen molar-refractivity contribution in [2.75, 3.05) is 31.9 Å². The SMILES string of the molecule is NC(=NCC1(c2ccc3c(c2)OCO3)CCOCC1)Nc1ccc(OC(F)(F)F)cc1. The second-order valence-corrected chi connectivity index (χ2v) is 7.36. The molecule has 2 aliphatic rings. The van der Waals surface area contributed by atoms with Gasteiger partial charge in [0.05, 0.1) is 6.54 Å². The Morgan fingerprint density at radius 1 is 1.06 bits per heavy atom. The number of nitrogens with zero attached hydrogens (tertiary/aromatic N) is 1. The summed E-state index contributed by atoms with van der Waals surface area (Å²) < 4.78 is 57.1. The van der Waals surface area contributed by atoms with E-state index in [2.05, 4.69) is 15.0 Å². The second kappa shape index (κ2) is 8.54. The van der Waals surface area contributed by atoms with Crippen LogP contribution in [0.25, 0.3) is 0 Å². The molecule has 0 unspecified atom stereocenters. The molecule has 0 amide bonds. The Labute approximate surface area is 176 Å². The minimum atomic E-state index is -4.73. The van der Waals surface area contributed by atoms with E-state index in [-0.39, 0.29) is 23.9 Å². The summed E-state index contributed by atoms with van der Waals surface area (Å²) in [6, 6.07) is 11.2. The number of hydrogen-bond donors (Lipinski definition) is 2. The average Bonchev–Trinajstić information content (AvgIpc) is 3.21. The van der Waals surface area contributed by atoms with Crippen LogP contribution in [0.15, 0.2) is 47.5 Å². The minimum absolute atomic E-state index is 0.163. The number of aliphatic imine (C=N–C) groups is 1. The fraction of sp³-hybridized carbons (Fsp3) is 0.381. The highest BCUT2D eigenvalue weighted by molar-refractivity contribution is 5.92. The molecule has 2 aromatic carbocycles. The minimum Gasteiger partial charge on any atom is -0.454 e. The van der Waals surface area contributed by atoms with E-state index in [0.717, 1.165) is 18.4 Å². The second-order valence-electron chi connectivity index (χ2n) is 7.36. The molecule has 0 saturated carbocycles. The molecule has 31 heavy (non-hydrogen) atoms. The summed E-state index contributed by atoms with van der Waals surface area (Å²) in [6.07, 6.45) is -3.19. The smallest absolute Gasteiger partial charge is 0.454 e. The van der Waals surface area contributed by atoms with Crippen LogP contribution in [-0.2, 0) is 10.2 Å². The molecule has 0 atom stereocenters. The number of hydrogen-bond acceptors (Lipinski definition) is 5. The van der Waals surface area contributed by atoms with Crippen molar-refractivity contribution in [2.24, 2.45) is 10.7 Å². The predicted molar refractivity (Wildman–Crippen MR) is 108 cm³/mol. The first-order valence-electron chi connectivity index (χ1n) is 9.74. The quantitative estimate of drug-likeness (QED) is 0.547. The molecule has 2 aliphatic heterocycles. The van der Waals surface area contributed by atoms with Crippen molar-refractivity contribution in [3.05, 3.63) is 48.0 Å². The topological polar surface area (TPSA) is 87.3 Å². The molecule has 2 aromatic rings. The van der Waals surface area contributed by atoms with Crippen molar-refractivity contribution in [1.29, 1.82) is 0 Å². The number of rotatable bonds is 5. The van der Waals surface area contributed by atoms with Gasteiger partial charge in [0.1, 0.15) is 5.75 Å². The van der Waals surface area contributed by atoms with E-state index in [4.69, 9.17) is 19.9 Å². The first-order valence-corrected chi connectivity index (χ1v) is 9.74. The van der Waals surface area contributed by atoms with Crippen molar-refractivity contribution < 1.29 is 32.1 Å². The van der Waals surface area contributed by atoms with Gasteiger partial charge in [-0.15, -0.1) is 13.2 Å². The number of guanidine groups is 1. The number of fused-ring (bicyclic) bond motifs is 1. The number of nitrogens with one attached hydrogen (secondary N) is 1. The molecule has 0 radical (unpaired) electrons. The normalized spacial score (nSPS) is 18.0. The fourth-order valence-electron chi connectivity index (χ4n) is 3.69. The summed E-state index contributed by atoms with van der Waals surface area (Å²) in [5.41, 5.74) is 7.35. The molecule has 166 valence electrons. The van der Waals surface area contributed by atoms with Gasteiger partial charge in [0.15, 0.2) is 17.5 Å². The molecule has 3 N–H and O–H groups in total. The average molecular weight is 437 g/mol. The van der Waals surface area contributed by atoms with Gasteiger partial charge < -0.3 is 30.0 Å². The molecule has 0 aromatic heterocycles. The fourth-order valence-corrected chi connectivity index (χ4v) is 3.69. The number of ether oxygens (including phenoxy) is 4. The van der Waals surface area contributed by atoms with E-state index in [1.165, 1.54) is 24.3 Å². The van der Waals surface area contributed by atoms with Gasteiger partial charge in [0.25, 0.3) is 0 Å². The maximum atomic E-state index is 12.3. The maximum Gasteiger partial charge on any atom is 0.573 e. The maximum absolute atomic E-state index is 12.3.